The van der Waals surface area contributed by atoms with Crippen LogP contribution in [0.5, 0.6) is 0 Å². The van der Waals surface area contributed by atoms with Gasteiger partial charge in [-0.1, -0.05) is 11.6 Å². The second kappa shape index (κ2) is 6.70. The Morgan fingerprint density at radius 1 is 1.53 bits per heavy atom. The van der Waals surface area contributed by atoms with Gasteiger partial charge in [0.15, 0.2) is 0 Å². The number of carbonyl (C=O) groups excluding carboxylic acids is 1. The maximum absolute atomic E-state index is 12.0. The van der Waals surface area contributed by atoms with Crippen LogP contribution in [-0.2, 0) is 4.74 Å². The van der Waals surface area contributed by atoms with E-state index in [-0.39, 0.29) is 17.7 Å². The van der Waals surface area contributed by atoms with Crippen molar-refractivity contribution in [3.05, 3.63) is 22.8 Å². The number of nitrogens with two attached hydrogens (primary N) is 1. The number of hydrazine groups is 1. The second-order valence-electron chi connectivity index (χ2n) is 4.37. The van der Waals surface area contributed by atoms with Gasteiger partial charge in [0.2, 0.25) is 0 Å². The Kier molecular flexibility index (Phi) is 4.95. The van der Waals surface area contributed by atoms with Crippen LogP contribution < -0.4 is 16.6 Å². The Balaban J connectivity index is 1.95. The normalized spacial score (nSPS) is 18.9. The van der Waals surface area contributed by atoms with Gasteiger partial charge in [0.1, 0.15) is 11.5 Å². The highest BCUT2D eigenvalue weighted by Gasteiger charge is 2.17. The average molecular weight is 285 g/mol. The lowest BCUT2D eigenvalue weighted by atomic mass is 10.1. The minimum atomic E-state index is -0.323. The summed E-state index contributed by atoms with van der Waals surface area (Å²) in [7, 11) is 0. The smallest absolute Gasteiger partial charge is 0.271 e. The van der Waals surface area contributed by atoms with Crippen LogP contribution in [0.25, 0.3) is 0 Å². The Hall–Kier alpha value is -1.37. The van der Waals surface area contributed by atoms with Gasteiger partial charge in [-0.2, -0.15) is 0 Å². The summed E-state index contributed by atoms with van der Waals surface area (Å²) >= 11 is 5.95. The van der Waals surface area contributed by atoms with Crippen molar-refractivity contribution in [3.8, 4) is 0 Å². The van der Waals surface area contributed by atoms with Crippen LogP contribution in [0.1, 0.15) is 29.8 Å². The van der Waals surface area contributed by atoms with Crippen molar-refractivity contribution in [1.82, 2.24) is 10.3 Å². The first-order valence-corrected chi connectivity index (χ1v) is 6.61. The van der Waals surface area contributed by atoms with Gasteiger partial charge in [-0.25, -0.2) is 10.8 Å². The monoisotopic (exact) mass is 284 g/mol. The van der Waals surface area contributed by atoms with Gasteiger partial charge in [-0.05, 0) is 31.4 Å². The number of nitrogen functional groups attached to an aromatic ring is 1. The lowest BCUT2D eigenvalue weighted by Gasteiger charge is -2.22. The van der Waals surface area contributed by atoms with E-state index in [2.05, 4.69) is 15.7 Å². The third-order valence-electron chi connectivity index (χ3n) is 2.97. The molecule has 4 N–H and O–H groups in total. The van der Waals surface area contributed by atoms with Crippen molar-refractivity contribution in [2.45, 2.75) is 25.4 Å². The van der Waals surface area contributed by atoms with Crippen molar-refractivity contribution in [3.63, 3.8) is 0 Å². The summed E-state index contributed by atoms with van der Waals surface area (Å²) in [6, 6.07) is 3.18. The summed E-state index contributed by atoms with van der Waals surface area (Å²) in [5.74, 6) is 5.32. The fourth-order valence-corrected chi connectivity index (χ4v) is 2.13. The number of nitrogens with zero attached hydrogens (tertiary/aromatic N) is 1. The summed E-state index contributed by atoms with van der Waals surface area (Å²) in [6.07, 6.45) is 3.26. The molecule has 7 heteroatoms. The molecule has 0 bridgehead atoms. The SMILES string of the molecule is NNc1ccc(Cl)c(C(=O)NCC2CCCCO2)n1. The zero-order valence-electron chi connectivity index (χ0n) is 10.5. The number of aromatic nitrogens is 1. The van der Waals surface area contributed by atoms with Crippen molar-refractivity contribution < 1.29 is 9.53 Å². The minimum absolute atomic E-state index is 0.0762. The number of hydrogen-bond acceptors (Lipinski definition) is 5. The van der Waals surface area contributed by atoms with Gasteiger partial charge >= 0.3 is 0 Å². The van der Waals surface area contributed by atoms with Gasteiger partial charge < -0.3 is 15.5 Å². The lowest BCUT2D eigenvalue weighted by molar-refractivity contribution is 0.0168. The minimum Gasteiger partial charge on any atom is -0.376 e. The van der Waals surface area contributed by atoms with Gasteiger partial charge in [-0.15, -0.1) is 0 Å². The van der Waals surface area contributed by atoms with E-state index >= 15 is 0 Å². The van der Waals surface area contributed by atoms with Gasteiger partial charge in [0.25, 0.3) is 5.91 Å². The first-order valence-electron chi connectivity index (χ1n) is 6.23. The van der Waals surface area contributed by atoms with E-state index in [9.17, 15) is 4.79 Å². The summed E-state index contributed by atoms with van der Waals surface area (Å²) in [4.78, 5) is 16.0. The molecule has 0 aliphatic carbocycles. The van der Waals surface area contributed by atoms with E-state index in [1.165, 1.54) is 0 Å². The summed E-state index contributed by atoms with van der Waals surface area (Å²) in [5, 5.41) is 3.07. The molecule has 1 unspecified atom stereocenters. The van der Waals surface area contributed by atoms with Crippen LogP contribution in [-0.4, -0.2) is 30.1 Å². The number of ether oxygens (including phenoxy) is 1. The van der Waals surface area contributed by atoms with E-state index < -0.39 is 0 Å². The number of nitrogens with one attached hydrogen (secondary N) is 2. The molecule has 19 heavy (non-hydrogen) atoms. The highest BCUT2D eigenvalue weighted by molar-refractivity contribution is 6.33. The number of amides is 1. The van der Waals surface area contributed by atoms with E-state index in [4.69, 9.17) is 22.2 Å². The highest BCUT2D eigenvalue weighted by atomic mass is 35.5. The molecule has 0 saturated carbocycles. The molecular formula is C12H17ClN4O2. The molecule has 1 aromatic heterocycles. The number of halogens is 1. The average Bonchev–Trinajstić information content (AvgIpc) is 2.46. The van der Waals surface area contributed by atoms with Crippen LogP contribution in [0.3, 0.4) is 0 Å². The molecule has 2 heterocycles. The molecular weight excluding hydrogens is 268 g/mol. The van der Waals surface area contributed by atoms with Crippen LogP contribution >= 0.6 is 11.6 Å². The number of carbonyl (C=O) groups is 1. The van der Waals surface area contributed by atoms with Crippen molar-refractivity contribution in [1.29, 1.82) is 0 Å². The second-order valence-corrected chi connectivity index (χ2v) is 4.78. The molecule has 1 aromatic rings. The van der Waals surface area contributed by atoms with Crippen LogP contribution in [0.4, 0.5) is 5.82 Å². The molecule has 1 aliphatic rings. The summed E-state index contributed by atoms with van der Waals surface area (Å²) < 4.78 is 5.54. The lowest BCUT2D eigenvalue weighted by Crippen LogP contribution is -2.36. The maximum atomic E-state index is 12.0. The highest BCUT2D eigenvalue weighted by Crippen LogP contribution is 2.16. The molecule has 1 atom stereocenters. The Bertz CT molecular complexity index is 449. The number of rotatable bonds is 4. The van der Waals surface area contributed by atoms with E-state index in [1.54, 1.807) is 12.1 Å². The number of pyridine rings is 1. The first kappa shape index (κ1) is 14.0. The molecule has 0 radical (unpaired) electrons. The molecule has 6 nitrogen and oxygen atoms in total. The zero-order valence-corrected chi connectivity index (χ0v) is 11.2. The van der Waals surface area contributed by atoms with Crippen LogP contribution in [0, 0.1) is 0 Å². The Morgan fingerprint density at radius 2 is 2.37 bits per heavy atom. The molecule has 0 spiro atoms. The largest absolute Gasteiger partial charge is 0.376 e. The third kappa shape index (κ3) is 3.79. The predicted octanol–water partition coefficient (Wildman–Crippen LogP) is 1.32. The summed E-state index contributed by atoms with van der Waals surface area (Å²) in [6.45, 7) is 1.23. The predicted molar refractivity (Wildman–Crippen MR) is 73.0 cm³/mol. The Morgan fingerprint density at radius 3 is 3.05 bits per heavy atom. The quantitative estimate of drug-likeness (QED) is 0.573. The van der Waals surface area contributed by atoms with E-state index in [1.807, 2.05) is 0 Å². The van der Waals surface area contributed by atoms with Crippen LogP contribution in [0.2, 0.25) is 5.02 Å². The fourth-order valence-electron chi connectivity index (χ4n) is 1.94. The van der Waals surface area contributed by atoms with Gasteiger partial charge in [0, 0.05) is 13.2 Å². The standard InChI is InChI=1S/C12H17ClN4O2/c13-9-4-5-10(17-14)16-11(9)12(18)15-7-8-3-1-2-6-19-8/h4-5,8H,1-3,6-7,14H2,(H,15,18)(H,16,17). The van der Waals surface area contributed by atoms with E-state index in [0.717, 1.165) is 25.9 Å². The number of hydrogen-bond donors (Lipinski definition) is 3. The van der Waals surface area contributed by atoms with Crippen molar-refractivity contribution in [2.24, 2.45) is 5.84 Å². The van der Waals surface area contributed by atoms with E-state index in [0.29, 0.717) is 17.4 Å². The van der Waals surface area contributed by atoms with Gasteiger partial charge in [-0.3, -0.25) is 4.79 Å². The molecule has 1 saturated heterocycles. The van der Waals surface area contributed by atoms with Crippen LogP contribution in [0.15, 0.2) is 12.1 Å². The number of anilines is 1. The summed E-state index contributed by atoms with van der Waals surface area (Å²) in [5.41, 5.74) is 2.54. The van der Waals surface area contributed by atoms with Gasteiger partial charge in [0.05, 0.1) is 11.1 Å². The molecule has 1 amide bonds. The molecule has 1 fully saturated rings. The Labute approximate surface area is 116 Å². The topological polar surface area (TPSA) is 89.3 Å². The molecule has 104 valence electrons. The maximum Gasteiger partial charge on any atom is 0.271 e. The van der Waals surface area contributed by atoms with Crippen molar-refractivity contribution >= 4 is 23.3 Å². The van der Waals surface area contributed by atoms with Crippen molar-refractivity contribution in [2.75, 3.05) is 18.6 Å². The third-order valence-corrected chi connectivity index (χ3v) is 3.28. The molecule has 1 aliphatic heterocycles. The first-order chi connectivity index (χ1) is 9.20. The fraction of sp³-hybridized carbons (Fsp3) is 0.500. The molecule has 0 aromatic carbocycles. The zero-order chi connectivity index (χ0) is 13.7. The molecule has 2 rings (SSSR count).